The van der Waals surface area contributed by atoms with Gasteiger partial charge in [0, 0.05) is 12.1 Å². The molecule has 0 fully saturated rings. The molecule has 2 rings (SSSR count). The van der Waals surface area contributed by atoms with Gasteiger partial charge >= 0.3 is 0 Å². The van der Waals surface area contributed by atoms with Crippen molar-refractivity contribution in [1.29, 1.82) is 0 Å². The van der Waals surface area contributed by atoms with E-state index in [-0.39, 0.29) is 0 Å². The molecule has 0 radical (unpaired) electrons. The van der Waals surface area contributed by atoms with Crippen molar-refractivity contribution in [2.24, 2.45) is 0 Å². The van der Waals surface area contributed by atoms with Crippen molar-refractivity contribution in [3.63, 3.8) is 0 Å². The van der Waals surface area contributed by atoms with Crippen LogP contribution in [-0.2, 0) is 0 Å². The maximum absolute atomic E-state index is 3.97. The van der Waals surface area contributed by atoms with Gasteiger partial charge in [-0.2, -0.15) is 0 Å². The van der Waals surface area contributed by atoms with Crippen LogP contribution in [0.2, 0.25) is 0 Å². The number of benzene rings is 2. The molecular weight excluding hydrogens is 184 g/mol. The molecule has 15 heavy (non-hydrogen) atoms. The van der Waals surface area contributed by atoms with Gasteiger partial charge in [-0.05, 0) is 6.92 Å². The predicted octanol–water partition coefficient (Wildman–Crippen LogP) is 3.55. The Morgan fingerprint density at radius 3 is 1.47 bits per heavy atom. The van der Waals surface area contributed by atoms with Crippen molar-refractivity contribution in [2.75, 3.05) is 7.11 Å². The fourth-order valence-electron chi connectivity index (χ4n) is 1.11. The normalized spacial score (nSPS) is 8.67. The first-order chi connectivity index (χ1) is 7.33. The Morgan fingerprint density at radius 1 is 0.733 bits per heavy atom. The van der Waals surface area contributed by atoms with Gasteiger partial charge in [0.1, 0.15) is 0 Å². The number of hydrogen-bond donors (Lipinski definition) is 0. The lowest BCUT2D eigenvalue weighted by Gasteiger charge is -1.91. The van der Waals surface area contributed by atoms with Crippen LogP contribution in [0.25, 0.3) is 0 Å². The molecular formula is C14H17O+. The molecule has 1 nitrogen and oxygen atoms in total. The SMILES string of the molecule is C[OH+]c1ccccc1.Cc1ccccc1. The number of ether oxygens (including phenoxy) is 1. The summed E-state index contributed by atoms with van der Waals surface area (Å²) in [5.41, 5.74) is 1.32. The monoisotopic (exact) mass is 201 g/mol. The molecule has 0 aromatic heterocycles. The highest BCUT2D eigenvalue weighted by Gasteiger charge is 1.85. The maximum atomic E-state index is 3.97. The Hall–Kier alpha value is -1.76. The van der Waals surface area contributed by atoms with Crippen molar-refractivity contribution in [1.82, 2.24) is 0 Å². The van der Waals surface area contributed by atoms with E-state index in [0.717, 1.165) is 5.75 Å². The summed E-state index contributed by atoms with van der Waals surface area (Å²) in [7, 11) is 1.79. The highest BCUT2D eigenvalue weighted by atomic mass is 16.5. The zero-order valence-corrected chi connectivity index (χ0v) is 9.22. The average Bonchev–Trinajstić information content (AvgIpc) is 2.32. The fraction of sp³-hybridized carbons (Fsp3) is 0.143. The average molecular weight is 201 g/mol. The minimum absolute atomic E-state index is 1.03. The summed E-state index contributed by atoms with van der Waals surface area (Å²) in [5, 5.41) is 0. The molecule has 78 valence electrons. The number of hydrogen-bond acceptors (Lipinski definition) is 0. The second-order valence-electron chi connectivity index (χ2n) is 3.21. The molecule has 0 aliphatic heterocycles. The van der Waals surface area contributed by atoms with Crippen LogP contribution >= 0.6 is 0 Å². The lowest BCUT2D eigenvalue weighted by atomic mass is 10.2. The van der Waals surface area contributed by atoms with E-state index in [1.54, 1.807) is 7.11 Å². The third-order valence-electron chi connectivity index (χ3n) is 1.95. The summed E-state index contributed by atoms with van der Waals surface area (Å²) in [6.45, 7) is 2.08. The van der Waals surface area contributed by atoms with Gasteiger partial charge < -0.3 is 4.74 Å². The summed E-state index contributed by atoms with van der Waals surface area (Å²) < 4.78 is 3.97. The van der Waals surface area contributed by atoms with E-state index in [1.165, 1.54) is 5.56 Å². The molecule has 1 N–H and O–H groups in total. The molecule has 0 unspecified atom stereocenters. The molecule has 0 aliphatic carbocycles. The smallest absolute Gasteiger partial charge is 0.254 e. The number of aromatic hydroxyl groups is 1. The molecule has 0 aliphatic rings. The van der Waals surface area contributed by atoms with Crippen molar-refractivity contribution in [3.05, 3.63) is 66.2 Å². The third kappa shape index (κ3) is 4.87. The highest BCUT2D eigenvalue weighted by molar-refractivity contribution is 5.19. The van der Waals surface area contributed by atoms with Gasteiger partial charge in [0.2, 0.25) is 0 Å². The number of aliphatic hydroxyl groups is 1. The molecule has 0 amide bonds. The van der Waals surface area contributed by atoms with Crippen LogP contribution in [0.1, 0.15) is 5.56 Å². The summed E-state index contributed by atoms with van der Waals surface area (Å²) in [5.74, 6) is 1.03. The first-order valence-electron chi connectivity index (χ1n) is 4.99. The van der Waals surface area contributed by atoms with Crippen LogP contribution in [-0.4, -0.2) is 11.8 Å². The fourth-order valence-corrected chi connectivity index (χ4v) is 1.11. The van der Waals surface area contributed by atoms with E-state index in [9.17, 15) is 0 Å². The van der Waals surface area contributed by atoms with E-state index in [2.05, 4.69) is 23.8 Å². The van der Waals surface area contributed by atoms with Gasteiger partial charge in [-0.15, -0.1) is 0 Å². The van der Waals surface area contributed by atoms with Gasteiger partial charge in [0.25, 0.3) is 5.75 Å². The van der Waals surface area contributed by atoms with Gasteiger partial charge in [-0.3, -0.25) is 0 Å². The Kier molecular flexibility index (Phi) is 5.02. The minimum atomic E-state index is 1.03. The molecule has 0 spiro atoms. The van der Waals surface area contributed by atoms with E-state index in [4.69, 9.17) is 0 Å². The molecule has 0 heterocycles. The Balaban J connectivity index is 0.000000151. The molecule has 2 aromatic rings. The van der Waals surface area contributed by atoms with Crippen LogP contribution in [0.3, 0.4) is 0 Å². The highest BCUT2D eigenvalue weighted by Crippen LogP contribution is 2.06. The summed E-state index contributed by atoms with van der Waals surface area (Å²) >= 11 is 0. The first kappa shape index (κ1) is 11.3. The van der Waals surface area contributed by atoms with Crippen LogP contribution < -0.4 is 0 Å². The van der Waals surface area contributed by atoms with E-state index in [1.807, 2.05) is 48.5 Å². The molecule has 0 bridgehead atoms. The molecule has 1 heteroatoms. The van der Waals surface area contributed by atoms with Gasteiger partial charge in [-0.25, -0.2) is 0 Å². The van der Waals surface area contributed by atoms with Crippen LogP contribution in [0.5, 0.6) is 5.75 Å². The molecule has 2 aromatic carbocycles. The van der Waals surface area contributed by atoms with E-state index in [0.29, 0.717) is 0 Å². The predicted molar refractivity (Wildman–Crippen MR) is 65.2 cm³/mol. The minimum Gasteiger partial charge on any atom is -0.585 e. The summed E-state index contributed by atoms with van der Waals surface area (Å²) in [6.07, 6.45) is 0. The van der Waals surface area contributed by atoms with Crippen LogP contribution in [0.15, 0.2) is 60.7 Å². The number of para-hydroxylation sites is 1. The van der Waals surface area contributed by atoms with Crippen molar-refractivity contribution in [2.45, 2.75) is 6.92 Å². The van der Waals surface area contributed by atoms with Gasteiger partial charge in [-0.1, -0.05) is 54.1 Å². The summed E-state index contributed by atoms with van der Waals surface area (Å²) in [6, 6.07) is 20.1. The van der Waals surface area contributed by atoms with Gasteiger partial charge in [0.15, 0.2) is 7.11 Å². The first-order valence-corrected chi connectivity index (χ1v) is 4.99. The number of rotatable bonds is 1. The van der Waals surface area contributed by atoms with Crippen molar-refractivity contribution < 1.29 is 4.74 Å². The zero-order valence-electron chi connectivity index (χ0n) is 9.22. The Labute approximate surface area is 91.3 Å². The molecule has 0 saturated carbocycles. The van der Waals surface area contributed by atoms with E-state index < -0.39 is 0 Å². The zero-order chi connectivity index (χ0) is 10.9. The summed E-state index contributed by atoms with van der Waals surface area (Å²) in [4.78, 5) is 0. The topological polar surface area (TPSA) is 12.8 Å². The Bertz CT molecular complexity index is 354. The molecule has 0 saturated heterocycles. The second-order valence-corrected chi connectivity index (χ2v) is 3.21. The van der Waals surface area contributed by atoms with Crippen LogP contribution in [0.4, 0.5) is 0 Å². The Morgan fingerprint density at radius 2 is 1.20 bits per heavy atom. The maximum Gasteiger partial charge on any atom is 0.254 e. The third-order valence-corrected chi connectivity index (χ3v) is 1.95. The largest absolute Gasteiger partial charge is 0.585 e. The lowest BCUT2D eigenvalue weighted by molar-refractivity contribution is 0.136. The quantitative estimate of drug-likeness (QED) is 0.626. The van der Waals surface area contributed by atoms with E-state index >= 15 is 0 Å². The molecule has 0 atom stereocenters. The lowest BCUT2D eigenvalue weighted by Crippen LogP contribution is -1.73. The number of aryl methyl sites for hydroxylation is 1. The van der Waals surface area contributed by atoms with Gasteiger partial charge in [0.05, 0.1) is 0 Å². The second kappa shape index (κ2) is 6.66. The van der Waals surface area contributed by atoms with Crippen molar-refractivity contribution >= 4 is 0 Å². The van der Waals surface area contributed by atoms with Crippen molar-refractivity contribution in [3.8, 4) is 5.75 Å². The van der Waals surface area contributed by atoms with Crippen LogP contribution in [0, 0.1) is 6.92 Å². The standard InChI is InChI=1S/C7H8O.C7H8/c1-8-7-5-3-2-4-6-7;1-7-5-3-2-4-6-7/h2-6H,1H3;2-6H,1H3/p+1.